The molecule has 2 aromatic carbocycles. The van der Waals surface area contributed by atoms with E-state index in [4.69, 9.17) is 23.8 Å². The first-order valence-corrected chi connectivity index (χ1v) is 7.03. The summed E-state index contributed by atoms with van der Waals surface area (Å²) in [7, 11) is 0. The molecule has 0 bridgehead atoms. The zero-order chi connectivity index (χ0) is 15.1. The molecule has 0 aliphatic carbocycles. The smallest absolute Gasteiger partial charge is 0.250 e. The van der Waals surface area contributed by atoms with E-state index in [1.165, 1.54) is 6.08 Å². The summed E-state index contributed by atoms with van der Waals surface area (Å²) in [6.45, 7) is 0. The lowest BCUT2D eigenvalue weighted by Crippen LogP contribution is -2.32. The van der Waals surface area contributed by atoms with Crippen LogP contribution in [0.2, 0.25) is 5.02 Å². The molecule has 0 saturated carbocycles. The third-order valence-electron chi connectivity index (χ3n) is 2.55. The van der Waals surface area contributed by atoms with E-state index >= 15 is 0 Å². The number of anilines is 1. The first kappa shape index (κ1) is 15.2. The average molecular weight is 317 g/mol. The van der Waals surface area contributed by atoms with Gasteiger partial charge in [0.1, 0.15) is 0 Å². The summed E-state index contributed by atoms with van der Waals surface area (Å²) < 4.78 is 0. The van der Waals surface area contributed by atoms with Gasteiger partial charge in [0.25, 0.3) is 0 Å². The van der Waals surface area contributed by atoms with Gasteiger partial charge in [-0.25, -0.2) is 0 Å². The van der Waals surface area contributed by atoms with Crippen LogP contribution in [-0.4, -0.2) is 11.0 Å². The summed E-state index contributed by atoms with van der Waals surface area (Å²) in [5.41, 5.74) is 1.67. The maximum absolute atomic E-state index is 11.7. The van der Waals surface area contributed by atoms with E-state index in [-0.39, 0.29) is 11.0 Å². The molecule has 0 aliphatic heterocycles. The molecule has 0 spiro atoms. The summed E-state index contributed by atoms with van der Waals surface area (Å²) in [5, 5.41) is 6.28. The van der Waals surface area contributed by atoms with Gasteiger partial charge >= 0.3 is 0 Å². The van der Waals surface area contributed by atoms with Crippen molar-refractivity contribution in [1.82, 2.24) is 5.32 Å². The number of carbonyl (C=O) groups excluding carboxylic acids is 1. The lowest BCUT2D eigenvalue weighted by Gasteiger charge is -2.08. The van der Waals surface area contributed by atoms with Crippen molar-refractivity contribution in [3.8, 4) is 0 Å². The number of amides is 1. The molecule has 0 fully saturated rings. The molecule has 0 radical (unpaired) electrons. The third kappa shape index (κ3) is 5.38. The Balaban J connectivity index is 1.88. The van der Waals surface area contributed by atoms with Crippen LogP contribution in [0.1, 0.15) is 5.56 Å². The highest BCUT2D eigenvalue weighted by Gasteiger charge is 2.01. The van der Waals surface area contributed by atoms with Gasteiger partial charge in [0.15, 0.2) is 5.11 Å². The molecular formula is C16H13ClN2OS. The van der Waals surface area contributed by atoms with E-state index in [2.05, 4.69) is 10.6 Å². The summed E-state index contributed by atoms with van der Waals surface area (Å²) in [6.07, 6.45) is 3.15. The lowest BCUT2D eigenvalue weighted by molar-refractivity contribution is -0.115. The van der Waals surface area contributed by atoms with Crippen LogP contribution in [-0.2, 0) is 4.79 Å². The van der Waals surface area contributed by atoms with Gasteiger partial charge in [-0.2, -0.15) is 0 Å². The van der Waals surface area contributed by atoms with Gasteiger partial charge < -0.3 is 5.32 Å². The second-order valence-corrected chi connectivity index (χ2v) is 5.04. The van der Waals surface area contributed by atoms with Crippen molar-refractivity contribution in [3.63, 3.8) is 0 Å². The number of hydrogen-bond acceptors (Lipinski definition) is 2. The third-order valence-corrected chi connectivity index (χ3v) is 2.99. The standard InChI is InChI=1S/C16H13ClN2OS/c17-13-7-4-8-14(11-13)18-16(21)19-15(20)10-9-12-5-2-1-3-6-12/h1-11H,(H2,18,19,20,21). The second-order valence-electron chi connectivity index (χ2n) is 4.20. The first-order valence-electron chi connectivity index (χ1n) is 6.24. The largest absolute Gasteiger partial charge is 0.332 e. The minimum Gasteiger partial charge on any atom is -0.332 e. The van der Waals surface area contributed by atoms with E-state index in [0.29, 0.717) is 5.02 Å². The molecule has 106 valence electrons. The van der Waals surface area contributed by atoms with E-state index < -0.39 is 0 Å². The Morgan fingerprint density at radius 1 is 1.10 bits per heavy atom. The van der Waals surface area contributed by atoms with E-state index in [0.717, 1.165) is 11.3 Å². The van der Waals surface area contributed by atoms with Crippen LogP contribution < -0.4 is 10.6 Å². The van der Waals surface area contributed by atoms with Gasteiger partial charge in [0.05, 0.1) is 0 Å². The molecule has 0 aromatic heterocycles. The van der Waals surface area contributed by atoms with Crippen molar-refractivity contribution >= 4 is 46.6 Å². The van der Waals surface area contributed by atoms with Gasteiger partial charge in [0, 0.05) is 16.8 Å². The molecule has 2 rings (SSSR count). The van der Waals surface area contributed by atoms with Gasteiger partial charge in [0.2, 0.25) is 5.91 Å². The topological polar surface area (TPSA) is 41.1 Å². The van der Waals surface area contributed by atoms with Crippen LogP contribution >= 0.6 is 23.8 Å². The minimum absolute atomic E-state index is 0.222. The Bertz CT molecular complexity index is 671. The molecule has 2 N–H and O–H groups in total. The highest BCUT2D eigenvalue weighted by Crippen LogP contribution is 2.14. The Hall–Kier alpha value is -2.17. The lowest BCUT2D eigenvalue weighted by atomic mass is 10.2. The molecule has 0 saturated heterocycles. The number of rotatable bonds is 3. The first-order chi connectivity index (χ1) is 10.1. The molecule has 0 atom stereocenters. The van der Waals surface area contributed by atoms with Crippen LogP contribution in [0, 0.1) is 0 Å². The van der Waals surface area contributed by atoms with Crippen molar-refractivity contribution in [2.45, 2.75) is 0 Å². The van der Waals surface area contributed by atoms with Crippen LogP contribution in [0.15, 0.2) is 60.7 Å². The van der Waals surface area contributed by atoms with Crippen molar-refractivity contribution in [2.75, 3.05) is 5.32 Å². The SMILES string of the molecule is O=C(C=Cc1ccccc1)NC(=S)Nc1cccc(Cl)c1. The molecule has 3 nitrogen and oxygen atoms in total. The quantitative estimate of drug-likeness (QED) is 0.667. The fourth-order valence-corrected chi connectivity index (χ4v) is 2.03. The summed E-state index contributed by atoms with van der Waals surface area (Å²) in [5.74, 6) is -0.293. The van der Waals surface area contributed by atoms with E-state index in [1.54, 1.807) is 24.3 Å². The highest BCUT2D eigenvalue weighted by atomic mass is 35.5. The molecule has 0 unspecified atom stereocenters. The van der Waals surface area contributed by atoms with Crippen LogP contribution in [0.3, 0.4) is 0 Å². The van der Waals surface area contributed by atoms with Crippen LogP contribution in [0.4, 0.5) is 5.69 Å². The number of carbonyl (C=O) groups is 1. The van der Waals surface area contributed by atoms with Crippen LogP contribution in [0.25, 0.3) is 6.08 Å². The van der Waals surface area contributed by atoms with E-state index in [1.807, 2.05) is 36.4 Å². The number of benzene rings is 2. The minimum atomic E-state index is -0.293. The zero-order valence-electron chi connectivity index (χ0n) is 11.0. The molecule has 0 heterocycles. The van der Waals surface area contributed by atoms with Crippen molar-refractivity contribution in [1.29, 1.82) is 0 Å². The number of nitrogens with one attached hydrogen (secondary N) is 2. The fraction of sp³-hybridized carbons (Fsp3) is 0. The molecule has 1 amide bonds. The van der Waals surface area contributed by atoms with Crippen molar-refractivity contribution in [2.24, 2.45) is 0 Å². The van der Waals surface area contributed by atoms with Gasteiger partial charge in [-0.15, -0.1) is 0 Å². The monoisotopic (exact) mass is 316 g/mol. The van der Waals surface area contributed by atoms with Crippen LogP contribution in [0.5, 0.6) is 0 Å². The predicted octanol–water partition coefficient (Wildman–Crippen LogP) is 3.87. The normalized spacial score (nSPS) is 10.3. The Labute approximate surface area is 133 Å². The highest BCUT2D eigenvalue weighted by molar-refractivity contribution is 7.80. The Morgan fingerprint density at radius 2 is 1.86 bits per heavy atom. The number of hydrogen-bond donors (Lipinski definition) is 2. The number of halogens is 1. The summed E-state index contributed by atoms with van der Waals surface area (Å²) in [6, 6.07) is 16.6. The number of thiocarbonyl (C=S) groups is 1. The zero-order valence-corrected chi connectivity index (χ0v) is 12.6. The summed E-state index contributed by atoms with van der Waals surface area (Å²) in [4.78, 5) is 11.7. The fourth-order valence-electron chi connectivity index (χ4n) is 1.62. The molecular weight excluding hydrogens is 304 g/mol. The average Bonchev–Trinajstić information content (AvgIpc) is 2.46. The van der Waals surface area contributed by atoms with Crippen molar-refractivity contribution < 1.29 is 4.79 Å². The second kappa shape index (κ2) is 7.57. The van der Waals surface area contributed by atoms with Gasteiger partial charge in [-0.05, 0) is 42.1 Å². The molecule has 21 heavy (non-hydrogen) atoms. The maximum atomic E-state index is 11.7. The van der Waals surface area contributed by atoms with Gasteiger partial charge in [-0.3, -0.25) is 10.1 Å². The Kier molecular flexibility index (Phi) is 5.49. The van der Waals surface area contributed by atoms with Crippen molar-refractivity contribution in [3.05, 3.63) is 71.3 Å². The summed E-state index contributed by atoms with van der Waals surface area (Å²) >= 11 is 10.9. The van der Waals surface area contributed by atoms with E-state index in [9.17, 15) is 4.79 Å². The predicted molar refractivity (Wildman–Crippen MR) is 91.3 cm³/mol. The molecule has 0 aliphatic rings. The van der Waals surface area contributed by atoms with Gasteiger partial charge in [-0.1, -0.05) is 48.0 Å². The molecule has 5 heteroatoms. The molecule has 2 aromatic rings. The maximum Gasteiger partial charge on any atom is 0.250 e. The Morgan fingerprint density at radius 3 is 2.57 bits per heavy atom.